The number of carbonyl (C=O) groups excluding carboxylic acids is 1. The zero-order chi connectivity index (χ0) is 11.2. The fourth-order valence-electron chi connectivity index (χ4n) is 2.02. The quantitative estimate of drug-likeness (QED) is 0.779. The fourth-order valence-corrected chi connectivity index (χ4v) is 2.02. The van der Waals surface area contributed by atoms with E-state index in [4.69, 9.17) is 15.2 Å². The smallest absolute Gasteiger partial charge is 0.231 e. The largest absolute Gasteiger partial charge is 0.454 e. The van der Waals surface area contributed by atoms with Gasteiger partial charge in [-0.2, -0.15) is 0 Å². The van der Waals surface area contributed by atoms with E-state index in [9.17, 15) is 4.79 Å². The van der Waals surface area contributed by atoms with Crippen molar-refractivity contribution in [1.82, 2.24) is 0 Å². The van der Waals surface area contributed by atoms with Crippen LogP contribution in [-0.4, -0.2) is 19.1 Å². The molecule has 4 heteroatoms. The van der Waals surface area contributed by atoms with Crippen molar-refractivity contribution in [3.05, 3.63) is 23.8 Å². The van der Waals surface area contributed by atoms with Gasteiger partial charge in [0.2, 0.25) is 6.79 Å². The van der Waals surface area contributed by atoms with Gasteiger partial charge in [0.1, 0.15) is 0 Å². The third kappa shape index (κ3) is 1.30. The van der Waals surface area contributed by atoms with Crippen LogP contribution in [0.2, 0.25) is 0 Å². The molecule has 0 aromatic heterocycles. The summed E-state index contributed by atoms with van der Waals surface area (Å²) < 4.78 is 10.5. The van der Waals surface area contributed by atoms with Gasteiger partial charge < -0.3 is 15.2 Å². The van der Waals surface area contributed by atoms with E-state index in [0.717, 1.165) is 12.8 Å². The molecule has 2 aliphatic rings. The first-order valence-corrected chi connectivity index (χ1v) is 5.40. The molecule has 2 N–H and O–H groups in total. The number of hydrogen-bond acceptors (Lipinski definition) is 4. The van der Waals surface area contributed by atoms with Gasteiger partial charge in [-0.15, -0.1) is 0 Å². The highest BCUT2D eigenvalue weighted by molar-refractivity contribution is 6.02. The van der Waals surface area contributed by atoms with E-state index in [1.807, 2.05) is 0 Å². The average molecular weight is 219 g/mol. The third-order valence-corrected chi connectivity index (χ3v) is 3.36. The molecule has 1 aromatic carbocycles. The number of rotatable bonds is 3. The molecule has 0 unspecified atom stereocenters. The number of nitrogens with two attached hydrogens (primary N) is 1. The van der Waals surface area contributed by atoms with E-state index in [1.165, 1.54) is 0 Å². The fraction of sp³-hybridized carbons (Fsp3) is 0.417. The molecule has 1 fully saturated rings. The monoisotopic (exact) mass is 219 g/mol. The number of benzene rings is 1. The van der Waals surface area contributed by atoms with Crippen LogP contribution in [0.5, 0.6) is 11.5 Å². The Kier molecular flexibility index (Phi) is 1.94. The Morgan fingerprint density at radius 2 is 2.06 bits per heavy atom. The topological polar surface area (TPSA) is 61.6 Å². The Bertz CT molecular complexity index is 452. The second-order valence-corrected chi connectivity index (χ2v) is 4.38. The Balaban J connectivity index is 1.93. The molecule has 0 amide bonds. The minimum Gasteiger partial charge on any atom is -0.454 e. The average Bonchev–Trinajstić information content (AvgIpc) is 2.98. The van der Waals surface area contributed by atoms with Crippen molar-refractivity contribution in [1.29, 1.82) is 0 Å². The second-order valence-electron chi connectivity index (χ2n) is 4.38. The first-order chi connectivity index (χ1) is 7.75. The molecule has 1 saturated carbocycles. The summed E-state index contributed by atoms with van der Waals surface area (Å²) in [7, 11) is 0. The summed E-state index contributed by atoms with van der Waals surface area (Å²) in [5.74, 6) is 1.49. The van der Waals surface area contributed by atoms with Crippen LogP contribution in [0.3, 0.4) is 0 Å². The van der Waals surface area contributed by atoms with E-state index >= 15 is 0 Å². The lowest BCUT2D eigenvalue weighted by molar-refractivity contribution is 0.0905. The van der Waals surface area contributed by atoms with Gasteiger partial charge in [-0.1, -0.05) is 0 Å². The van der Waals surface area contributed by atoms with Crippen LogP contribution in [0.25, 0.3) is 0 Å². The van der Waals surface area contributed by atoms with Gasteiger partial charge in [0.15, 0.2) is 17.3 Å². The highest BCUT2D eigenvalue weighted by Gasteiger charge is 2.48. The molecule has 3 rings (SSSR count). The second kappa shape index (κ2) is 3.22. The number of hydrogen-bond donors (Lipinski definition) is 1. The Morgan fingerprint density at radius 3 is 2.75 bits per heavy atom. The van der Waals surface area contributed by atoms with Crippen molar-refractivity contribution in [3.8, 4) is 11.5 Å². The van der Waals surface area contributed by atoms with Crippen LogP contribution in [0.4, 0.5) is 0 Å². The molecular formula is C12H13NO3. The molecule has 4 nitrogen and oxygen atoms in total. The van der Waals surface area contributed by atoms with Crippen molar-refractivity contribution in [2.45, 2.75) is 12.8 Å². The molecule has 1 aromatic rings. The van der Waals surface area contributed by atoms with Gasteiger partial charge in [0.05, 0.1) is 0 Å². The van der Waals surface area contributed by atoms with Gasteiger partial charge in [0.25, 0.3) is 0 Å². The van der Waals surface area contributed by atoms with Crippen molar-refractivity contribution in [3.63, 3.8) is 0 Å². The summed E-state index contributed by atoms with van der Waals surface area (Å²) in [6, 6.07) is 5.31. The Morgan fingerprint density at radius 1 is 1.31 bits per heavy atom. The lowest BCUT2D eigenvalue weighted by Gasteiger charge is -2.10. The SMILES string of the molecule is NCC1(C(=O)c2ccc3c(c2)OCO3)CC1. The highest BCUT2D eigenvalue weighted by Crippen LogP contribution is 2.48. The molecule has 84 valence electrons. The van der Waals surface area contributed by atoms with E-state index in [0.29, 0.717) is 23.6 Å². The molecule has 16 heavy (non-hydrogen) atoms. The summed E-state index contributed by atoms with van der Waals surface area (Å²) in [6.45, 7) is 0.662. The molecule has 0 spiro atoms. The number of ketones is 1. The van der Waals surface area contributed by atoms with Gasteiger partial charge in [-0.3, -0.25) is 4.79 Å². The maximum atomic E-state index is 12.2. The molecule has 1 aliphatic carbocycles. The maximum Gasteiger partial charge on any atom is 0.231 e. The van der Waals surface area contributed by atoms with Crippen LogP contribution in [0, 0.1) is 5.41 Å². The number of carbonyl (C=O) groups is 1. The summed E-state index contributed by atoms with van der Waals surface area (Å²) >= 11 is 0. The maximum absolute atomic E-state index is 12.2. The molecule has 0 bridgehead atoms. The zero-order valence-electron chi connectivity index (χ0n) is 8.86. The van der Waals surface area contributed by atoms with Crippen LogP contribution < -0.4 is 15.2 Å². The minimum atomic E-state index is -0.298. The van der Waals surface area contributed by atoms with Crippen LogP contribution in [0.1, 0.15) is 23.2 Å². The van der Waals surface area contributed by atoms with Crippen molar-refractivity contribution in [2.24, 2.45) is 11.1 Å². The van der Waals surface area contributed by atoms with Gasteiger partial charge >= 0.3 is 0 Å². The van der Waals surface area contributed by atoms with Crippen molar-refractivity contribution < 1.29 is 14.3 Å². The molecule has 1 aliphatic heterocycles. The summed E-state index contributed by atoms with van der Waals surface area (Å²) in [6.07, 6.45) is 1.80. The summed E-state index contributed by atoms with van der Waals surface area (Å²) in [5, 5.41) is 0. The van der Waals surface area contributed by atoms with Gasteiger partial charge in [-0.05, 0) is 31.0 Å². The van der Waals surface area contributed by atoms with Crippen LogP contribution >= 0.6 is 0 Å². The number of fused-ring (bicyclic) bond motifs is 1. The normalized spacial score (nSPS) is 19.6. The first-order valence-electron chi connectivity index (χ1n) is 5.40. The zero-order valence-corrected chi connectivity index (χ0v) is 8.86. The predicted molar refractivity (Wildman–Crippen MR) is 57.6 cm³/mol. The summed E-state index contributed by atoms with van der Waals surface area (Å²) in [5.41, 5.74) is 6.02. The predicted octanol–water partition coefficient (Wildman–Crippen LogP) is 1.34. The van der Waals surface area contributed by atoms with E-state index in [-0.39, 0.29) is 18.0 Å². The standard InChI is InChI=1S/C12H13NO3/c13-6-12(3-4-12)11(14)8-1-2-9-10(5-8)16-7-15-9/h1-2,5H,3-4,6-7,13H2. The number of Topliss-reactive ketones (excluding diaryl/α,β-unsaturated/α-hetero) is 1. The molecule has 1 heterocycles. The third-order valence-electron chi connectivity index (χ3n) is 3.36. The van der Waals surface area contributed by atoms with E-state index in [2.05, 4.69) is 0 Å². The minimum absolute atomic E-state index is 0.133. The van der Waals surface area contributed by atoms with E-state index < -0.39 is 0 Å². The lowest BCUT2D eigenvalue weighted by Crippen LogP contribution is -2.25. The van der Waals surface area contributed by atoms with Gasteiger partial charge in [0, 0.05) is 17.5 Å². The van der Waals surface area contributed by atoms with Crippen molar-refractivity contribution in [2.75, 3.05) is 13.3 Å². The first kappa shape index (κ1) is 9.66. The lowest BCUT2D eigenvalue weighted by atomic mass is 9.95. The molecule has 0 saturated heterocycles. The molecule has 0 radical (unpaired) electrons. The van der Waals surface area contributed by atoms with E-state index in [1.54, 1.807) is 18.2 Å². The highest BCUT2D eigenvalue weighted by atomic mass is 16.7. The Hall–Kier alpha value is -1.55. The molecular weight excluding hydrogens is 206 g/mol. The Labute approximate surface area is 93.3 Å². The van der Waals surface area contributed by atoms with Crippen molar-refractivity contribution >= 4 is 5.78 Å². The summed E-state index contributed by atoms with van der Waals surface area (Å²) in [4.78, 5) is 12.2. The number of ether oxygens (including phenoxy) is 2. The van der Waals surface area contributed by atoms with Crippen LogP contribution in [0.15, 0.2) is 18.2 Å². The van der Waals surface area contributed by atoms with Crippen LogP contribution in [-0.2, 0) is 0 Å². The molecule has 0 atom stereocenters. The van der Waals surface area contributed by atoms with Gasteiger partial charge in [-0.25, -0.2) is 0 Å².